The number of aromatic nitrogens is 2. The number of rotatable bonds is 6. The molecule has 1 aromatic carbocycles. The predicted molar refractivity (Wildman–Crippen MR) is 91.9 cm³/mol. The molecule has 1 aromatic heterocycles. The molecule has 2 rings (SSSR count). The summed E-state index contributed by atoms with van der Waals surface area (Å²) in [5.41, 5.74) is 0.514. The van der Waals surface area contributed by atoms with Crippen LogP contribution in [0, 0.1) is 10.3 Å². The molecular weight excluding hydrogens is 328 g/mol. The van der Waals surface area contributed by atoms with E-state index in [2.05, 4.69) is 20.8 Å². The van der Waals surface area contributed by atoms with Crippen LogP contribution < -0.4 is 10.6 Å². The second kappa shape index (κ2) is 7.39. The van der Waals surface area contributed by atoms with Gasteiger partial charge in [0.15, 0.2) is 0 Å². The van der Waals surface area contributed by atoms with Gasteiger partial charge in [-0.05, 0) is 57.3 Å². The SMILES string of the molecule is CCNC(=O)C(C)(C)CNC(=O)c1ccc(-c2n[nH]c(=S)o2)cc1. The number of nitrogens with zero attached hydrogens (tertiary/aromatic N) is 1. The first-order chi connectivity index (χ1) is 11.3. The lowest BCUT2D eigenvalue weighted by Gasteiger charge is -2.23. The molecule has 1 heterocycles. The van der Waals surface area contributed by atoms with E-state index < -0.39 is 5.41 Å². The fourth-order valence-electron chi connectivity index (χ4n) is 2.00. The van der Waals surface area contributed by atoms with Crippen molar-refractivity contribution >= 4 is 24.0 Å². The zero-order valence-corrected chi connectivity index (χ0v) is 14.6. The normalized spacial score (nSPS) is 11.1. The second-order valence-corrected chi connectivity index (χ2v) is 6.29. The molecule has 128 valence electrons. The van der Waals surface area contributed by atoms with Crippen LogP contribution in [-0.4, -0.2) is 35.1 Å². The van der Waals surface area contributed by atoms with Crippen molar-refractivity contribution in [2.75, 3.05) is 13.1 Å². The van der Waals surface area contributed by atoms with Gasteiger partial charge in [0.05, 0.1) is 5.41 Å². The number of carbonyl (C=O) groups excluding carboxylic acids is 2. The minimum Gasteiger partial charge on any atom is -0.409 e. The summed E-state index contributed by atoms with van der Waals surface area (Å²) in [6.07, 6.45) is 0. The van der Waals surface area contributed by atoms with Gasteiger partial charge < -0.3 is 15.1 Å². The van der Waals surface area contributed by atoms with E-state index in [9.17, 15) is 9.59 Å². The Morgan fingerprint density at radius 2 is 1.92 bits per heavy atom. The first-order valence-corrected chi connectivity index (χ1v) is 7.97. The molecule has 0 saturated heterocycles. The van der Waals surface area contributed by atoms with Crippen molar-refractivity contribution in [3.8, 4) is 11.5 Å². The van der Waals surface area contributed by atoms with Gasteiger partial charge in [-0.25, -0.2) is 5.10 Å². The maximum absolute atomic E-state index is 12.2. The summed E-state index contributed by atoms with van der Waals surface area (Å²) in [4.78, 5) is 24.3. The van der Waals surface area contributed by atoms with Crippen LogP contribution in [0.3, 0.4) is 0 Å². The lowest BCUT2D eigenvalue weighted by atomic mass is 9.92. The summed E-state index contributed by atoms with van der Waals surface area (Å²) in [6, 6.07) is 6.77. The minimum absolute atomic E-state index is 0.0967. The third-order valence-corrected chi connectivity index (χ3v) is 3.65. The maximum atomic E-state index is 12.2. The molecule has 7 nitrogen and oxygen atoms in total. The Labute approximate surface area is 144 Å². The quantitative estimate of drug-likeness (QED) is 0.696. The molecule has 0 aliphatic rings. The summed E-state index contributed by atoms with van der Waals surface area (Å²) in [5, 5.41) is 12.0. The standard InChI is InChI=1S/C16H20N4O3S/c1-4-17-14(22)16(2,3)9-18-12(21)10-5-7-11(8-6-10)13-19-20-15(24)23-13/h5-8H,4,9H2,1-3H3,(H,17,22)(H,18,21)(H,20,24). The largest absolute Gasteiger partial charge is 0.409 e. The van der Waals surface area contributed by atoms with Crippen molar-refractivity contribution < 1.29 is 14.0 Å². The van der Waals surface area contributed by atoms with Gasteiger partial charge in [0.2, 0.25) is 11.8 Å². The van der Waals surface area contributed by atoms with Gasteiger partial charge in [-0.2, -0.15) is 0 Å². The molecule has 0 bridgehead atoms. The number of hydrogen-bond acceptors (Lipinski definition) is 5. The highest BCUT2D eigenvalue weighted by Gasteiger charge is 2.27. The van der Waals surface area contributed by atoms with Crippen molar-refractivity contribution in [1.82, 2.24) is 20.8 Å². The van der Waals surface area contributed by atoms with E-state index in [0.29, 0.717) is 23.6 Å². The fraction of sp³-hybridized carbons (Fsp3) is 0.375. The molecule has 0 saturated carbocycles. The molecule has 0 radical (unpaired) electrons. The molecule has 0 fully saturated rings. The zero-order valence-electron chi connectivity index (χ0n) is 13.8. The number of nitrogens with one attached hydrogen (secondary N) is 3. The van der Waals surface area contributed by atoms with E-state index in [-0.39, 0.29) is 23.2 Å². The average Bonchev–Trinajstić information content (AvgIpc) is 2.99. The Hall–Kier alpha value is -2.48. The van der Waals surface area contributed by atoms with Gasteiger partial charge in [0.25, 0.3) is 10.7 Å². The number of amides is 2. The third-order valence-electron chi connectivity index (χ3n) is 3.48. The number of carbonyl (C=O) groups is 2. The van der Waals surface area contributed by atoms with Crippen LogP contribution in [0.4, 0.5) is 0 Å². The molecule has 0 spiro atoms. The molecule has 24 heavy (non-hydrogen) atoms. The van der Waals surface area contributed by atoms with Crippen LogP contribution in [0.25, 0.3) is 11.5 Å². The molecule has 0 atom stereocenters. The van der Waals surface area contributed by atoms with Gasteiger partial charge in [0, 0.05) is 24.2 Å². The van der Waals surface area contributed by atoms with Crippen LogP contribution in [0.2, 0.25) is 0 Å². The highest BCUT2D eigenvalue weighted by Crippen LogP contribution is 2.18. The number of hydrogen-bond donors (Lipinski definition) is 3. The van der Waals surface area contributed by atoms with Crippen LogP contribution in [0.15, 0.2) is 28.7 Å². The summed E-state index contributed by atoms with van der Waals surface area (Å²) in [5.74, 6) is 0.0201. The van der Waals surface area contributed by atoms with Crippen molar-refractivity contribution in [2.45, 2.75) is 20.8 Å². The summed E-state index contributed by atoms with van der Waals surface area (Å²) < 4.78 is 5.21. The van der Waals surface area contributed by atoms with Crippen LogP contribution in [0.5, 0.6) is 0 Å². The predicted octanol–water partition coefficient (Wildman–Crippen LogP) is 2.29. The number of benzene rings is 1. The minimum atomic E-state index is -0.681. The van der Waals surface area contributed by atoms with Gasteiger partial charge in [0.1, 0.15) is 0 Å². The molecule has 2 aromatic rings. The first-order valence-electron chi connectivity index (χ1n) is 7.56. The Balaban J connectivity index is 2.00. The summed E-state index contributed by atoms with van der Waals surface area (Å²) in [7, 11) is 0. The maximum Gasteiger partial charge on any atom is 0.284 e. The third kappa shape index (κ3) is 4.29. The smallest absolute Gasteiger partial charge is 0.284 e. The van der Waals surface area contributed by atoms with Gasteiger partial charge in [-0.3, -0.25) is 9.59 Å². The van der Waals surface area contributed by atoms with Crippen molar-refractivity contribution in [3.63, 3.8) is 0 Å². The van der Waals surface area contributed by atoms with E-state index in [1.54, 1.807) is 38.1 Å². The van der Waals surface area contributed by atoms with Crippen LogP contribution in [0.1, 0.15) is 31.1 Å². The number of H-pyrrole nitrogens is 1. The van der Waals surface area contributed by atoms with Gasteiger partial charge >= 0.3 is 0 Å². The molecule has 8 heteroatoms. The lowest BCUT2D eigenvalue weighted by molar-refractivity contribution is -0.128. The van der Waals surface area contributed by atoms with Crippen LogP contribution in [-0.2, 0) is 4.79 Å². The summed E-state index contributed by atoms with van der Waals surface area (Å²) >= 11 is 4.83. The Kier molecular flexibility index (Phi) is 5.50. The monoisotopic (exact) mass is 348 g/mol. The van der Waals surface area contributed by atoms with E-state index in [1.165, 1.54) is 0 Å². The highest BCUT2D eigenvalue weighted by atomic mass is 32.1. The Morgan fingerprint density at radius 3 is 2.46 bits per heavy atom. The van der Waals surface area contributed by atoms with Gasteiger partial charge in [-0.15, -0.1) is 5.10 Å². The Morgan fingerprint density at radius 1 is 1.25 bits per heavy atom. The molecule has 3 N–H and O–H groups in total. The van der Waals surface area contributed by atoms with Crippen molar-refractivity contribution in [3.05, 3.63) is 34.7 Å². The number of aromatic amines is 1. The topological polar surface area (TPSA) is 100 Å². The lowest BCUT2D eigenvalue weighted by Crippen LogP contribution is -2.44. The zero-order chi connectivity index (χ0) is 17.7. The van der Waals surface area contributed by atoms with Crippen molar-refractivity contribution in [2.24, 2.45) is 5.41 Å². The average molecular weight is 348 g/mol. The summed E-state index contributed by atoms with van der Waals surface area (Å²) in [6.45, 7) is 6.23. The van der Waals surface area contributed by atoms with Crippen molar-refractivity contribution in [1.29, 1.82) is 0 Å². The molecule has 2 amide bonds. The van der Waals surface area contributed by atoms with Gasteiger partial charge in [-0.1, -0.05) is 0 Å². The molecule has 0 aliphatic heterocycles. The first kappa shape index (κ1) is 17.9. The molecule has 0 unspecified atom stereocenters. The van der Waals surface area contributed by atoms with E-state index in [0.717, 1.165) is 0 Å². The van der Waals surface area contributed by atoms with E-state index >= 15 is 0 Å². The highest BCUT2D eigenvalue weighted by molar-refractivity contribution is 7.71. The second-order valence-electron chi connectivity index (χ2n) is 5.92. The Bertz CT molecular complexity index is 777. The molecular formula is C16H20N4O3S. The van der Waals surface area contributed by atoms with E-state index in [1.807, 2.05) is 6.92 Å². The van der Waals surface area contributed by atoms with E-state index in [4.69, 9.17) is 16.6 Å². The fourth-order valence-corrected chi connectivity index (χ4v) is 2.13. The van der Waals surface area contributed by atoms with Crippen LogP contribution >= 0.6 is 12.2 Å². The molecule has 0 aliphatic carbocycles.